The van der Waals surface area contributed by atoms with E-state index in [-0.39, 0.29) is 0 Å². The van der Waals surface area contributed by atoms with Gasteiger partial charge in [0, 0.05) is 5.56 Å². The SMILES string of the molecule is CCCCCCCCCCCc1cc(-c2noc(C(C)C#N)n2)ccc1OC. The number of methoxy groups -OCH3 is 1. The van der Waals surface area contributed by atoms with E-state index in [1.807, 2.05) is 12.1 Å². The highest BCUT2D eigenvalue weighted by molar-refractivity contribution is 5.58. The van der Waals surface area contributed by atoms with Gasteiger partial charge in [0.1, 0.15) is 11.7 Å². The Morgan fingerprint density at radius 2 is 1.75 bits per heavy atom. The second kappa shape index (κ2) is 12.2. The lowest BCUT2D eigenvalue weighted by Gasteiger charge is -2.10. The summed E-state index contributed by atoms with van der Waals surface area (Å²) in [5.41, 5.74) is 2.06. The van der Waals surface area contributed by atoms with Crippen LogP contribution in [0, 0.1) is 11.3 Å². The number of hydrogen-bond donors (Lipinski definition) is 0. The second-order valence-electron chi connectivity index (χ2n) is 7.41. The lowest BCUT2D eigenvalue weighted by Crippen LogP contribution is -1.95. The van der Waals surface area contributed by atoms with E-state index < -0.39 is 5.92 Å². The van der Waals surface area contributed by atoms with Crippen LogP contribution in [0.5, 0.6) is 5.75 Å². The van der Waals surface area contributed by atoms with E-state index in [2.05, 4.69) is 29.2 Å². The molecule has 0 aliphatic heterocycles. The van der Waals surface area contributed by atoms with Gasteiger partial charge in [0.05, 0.1) is 13.2 Å². The molecule has 152 valence electrons. The number of hydrogen-bond acceptors (Lipinski definition) is 5. The third kappa shape index (κ3) is 6.67. The predicted molar refractivity (Wildman–Crippen MR) is 111 cm³/mol. The minimum Gasteiger partial charge on any atom is -0.496 e. The average molecular weight is 384 g/mol. The van der Waals surface area contributed by atoms with Crippen LogP contribution in [0.3, 0.4) is 0 Å². The molecule has 1 aromatic carbocycles. The first-order chi connectivity index (χ1) is 13.7. The molecule has 0 amide bonds. The molecule has 2 rings (SSSR count). The van der Waals surface area contributed by atoms with Gasteiger partial charge in [-0.05, 0) is 43.5 Å². The van der Waals surface area contributed by atoms with Crippen molar-refractivity contribution in [3.05, 3.63) is 29.7 Å². The molecule has 5 nitrogen and oxygen atoms in total. The van der Waals surface area contributed by atoms with Gasteiger partial charge in [0.25, 0.3) is 0 Å². The van der Waals surface area contributed by atoms with Crippen molar-refractivity contribution in [1.82, 2.24) is 10.1 Å². The van der Waals surface area contributed by atoms with Gasteiger partial charge in [0.2, 0.25) is 11.7 Å². The number of unbranched alkanes of at least 4 members (excludes halogenated alkanes) is 8. The minimum atomic E-state index is -0.402. The van der Waals surface area contributed by atoms with Gasteiger partial charge in [-0.3, -0.25) is 0 Å². The van der Waals surface area contributed by atoms with Crippen molar-refractivity contribution in [2.45, 2.75) is 84.0 Å². The van der Waals surface area contributed by atoms with Gasteiger partial charge in [-0.1, -0.05) is 63.4 Å². The molecule has 0 aliphatic carbocycles. The Morgan fingerprint density at radius 3 is 2.39 bits per heavy atom. The zero-order valence-corrected chi connectivity index (χ0v) is 17.5. The van der Waals surface area contributed by atoms with E-state index in [1.54, 1.807) is 14.0 Å². The van der Waals surface area contributed by atoms with E-state index in [4.69, 9.17) is 14.5 Å². The summed E-state index contributed by atoms with van der Waals surface area (Å²) in [6.45, 7) is 4.01. The van der Waals surface area contributed by atoms with Crippen molar-refractivity contribution >= 4 is 0 Å². The van der Waals surface area contributed by atoms with E-state index in [1.165, 1.54) is 56.9 Å². The van der Waals surface area contributed by atoms with Crippen molar-refractivity contribution in [3.8, 4) is 23.2 Å². The monoisotopic (exact) mass is 383 g/mol. The molecule has 0 N–H and O–H groups in total. The Bertz CT molecular complexity index is 749. The van der Waals surface area contributed by atoms with Crippen LogP contribution in [0.1, 0.15) is 89.0 Å². The first kappa shape index (κ1) is 21.9. The van der Waals surface area contributed by atoms with Gasteiger partial charge in [-0.15, -0.1) is 0 Å². The number of nitrogens with zero attached hydrogens (tertiary/aromatic N) is 3. The number of benzene rings is 1. The number of aryl methyl sites for hydroxylation is 1. The Morgan fingerprint density at radius 1 is 1.07 bits per heavy atom. The van der Waals surface area contributed by atoms with Gasteiger partial charge < -0.3 is 9.26 Å². The first-order valence-electron chi connectivity index (χ1n) is 10.6. The molecule has 0 saturated carbocycles. The highest BCUT2D eigenvalue weighted by Crippen LogP contribution is 2.27. The lowest BCUT2D eigenvalue weighted by atomic mass is 10.0. The molecule has 1 unspecified atom stereocenters. The third-order valence-corrected chi connectivity index (χ3v) is 5.09. The highest BCUT2D eigenvalue weighted by Gasteiger charge is 2.15. The standard InChI is InChI=1S/C23H33N3O2/c1-4-5-6-7-8-9-10-11-12-13-19-16-20(14-15-21(19)27-3)22-25-23(28-26-22)18(2)17-24/h14-16,18H,4-13H2,1-3H3. The van der Waals surface area contributed by atoms with Gasteiger partial charge in [-0.2, -0.15) is 10.2 Å². The molecular formula is C23H33N3O2. The predicted octanol–water partition coefficient (Wildman–Crippen LogP) is 6.45. The highest BCUT2D eigenvalue weighted by atomic mass is 16.5. The third-order valence-electron chi connectivity index (χ3n) is 5.09. The van der Waals surface area contributed by atoms with Crippen LogP contribution in [0.2, 0.25) is 0 Å². The van der Waals surface area contributed by atoms with E-state index in [0.717, 1.165) is 24.2 Å². The summed E-state index contributed by atoms with van der Waals surface area (Å²) >= 11 is 0. The summed E-state index contributed by atoms with van der Waals surface area (Å²) in [7, 11) is 1.70. The number of nitriles is 1. The van der Waals surface area contributed by atoms with Crippen LogP contribution in [0.25, 0.3) is 11.4 Å². The largest absolute Gasteiger partial charge is 0.496 e. The molecule has 0 bridgehead atoms. The van der Waals surface area contributed by atoms with Gasteiger partial charge >= 0.3 is 0 Å². The Kier molecular flexibility index (Phi) is 9.54. The molecule has 28 heavy (non-hydrogen) atoms. The molecule has 1 aromatic heterocycles. The Balaban J connectivity index is 1.87. The Hall–Kier alpha value is -2.35. The summed E-state index contributed by atoms with van der Waals surface area (Å²) in [5, 5.41) is 13.0. The fourth-order valence-corrected chi connectivity index (χ4v) is 3.32. The summed E-state index contributed by atoms with van der Waals surface area (Å²) in [6.07, 6.45) is 12.8. The average Bonchev–Trinajstić information content (AvgIpc) is 3.22. The fourth-order valence-electron chi connectivity index (χ4n) is 3.32. The second-order valence-corrected chi connectivity index (χ2v) is 7.41. The van der Waals surface area contributed by atoms with Gasteiger partial charge in [-0.25, -0.2) is 0 Å². The van der Waals surface area contributed by atoms with Crippen molar-refractivity contribution in [2.24, 2.45) is 0 Å². The van der Waals surface area contributed by atoms with Crippen LogP contribution in [-0.4, -0.2) is 17.3 Å². The van der Waals surface area contributed by atoms with Crippen LogP contribution in [0.4, 0.5) is 0 Å². The number of rotatable bonds is 13. The maximum Gasteiger partial charge on any atom is 0.244 e. The zero-order chi connectivity index (χ0) is 20.2. The summed E-state index contributed by atoms with van der Waals surface area (Å²) in [6, 6.07) is 8.09. The molecule has 0 radical (unpaired) electrons. The minimum absolute atomic E-state index is 0.355. The smallest absolute Gasteiger partial charge is 0.244 e. The molecule has 0 fully saturated rings. The quantitative estimate of drug-likeness (QED) is 0.372. The van der Waals surface area contributed by atoms with Crippen molar-refractivity contribution < 1.29 is 9.26 Å². The van der Waals surface area contributed by atoms with E-state index in [0.29, 0.717) is 11.7 Å². The van der Waals surface area contributed by atoms with Gasteiger partial charge in [0.15, 0.2) is 0 Å². The molecule has 0 spiro atoms. The van der Waals surface area contributed by atoms with Crippen LogP contribution in [0.15, 0.2) is 22.7 Å². The number of aromatic nitrogens is 2. The van der Waals surface area contributed by atoms with Crippen LogP contribution < -0.4 is 4.74 Å². The topological polar surface area (TPSA) is 71.9 Å². The maximum absolute atomic E-state index is 9.00. The van der Waals surface area contributed by atoms with E-state index >= 15 is 0 Å². The van der Waals surface area contributed by atoms with Crippen molar-refractivity contribution in [1.29, 1.82) is 5.26 Å². The van der Waals surface area contributed by atoms with Crippen molar-refractivity contribution in [3.63, 3.8) is 0 Å². The fraction of sp³-hybridized carbons (Fsp3) is 0.609. The summed E-state index contributed by atoms with van der Waals surface area (Å²) in [5.74, 6) is 1.38. The lowest BCUT2D eigenvalue weighted by molar-refractivity contribution is 0.374. The number of ether oxygens (including phenoxy) is 1. The molecule has 0 saturated heterocycles. The molecule has 1 atom stereocenters. The van der Waals surface area contributed by atoms with Crippen molar-refractivity contribution in [2.75, 3.05) is 7.11 Å². The Labute approximate surface area is 169 Å². The van der Waals surface area contributed by atoms with E-state index in [9.17, 15) is 0 Å². The summed E-state index contributed by atoms with van der Waals surface area (Å²) in [4.78, 5) is 4.36. The van der Waals surface area contributed by atoms with Crippen LogP contribution in [-0.2, 0) is 6.42 Å². The summed E-state index contributed by atoms with van der Waals surface area (Å²) < 4.78 is 10.7. The first-order valence-corrected chi connectivity index (χ1v) is 10.6. The normalized spacial score (nSPS) is 11.9. The van der Waals surface area contributed by atoms with Crippen LogP contribution >= 0.6 is 0 Å². The molecule has 2 aromatic rings. The molecule has 1 heterocycles. The molecular weight excluding hydrogens is 350 g/mol. The maximum atomic E-state index is 9.00. The molecule has 5 heteroatoms. The molecule has 0 aliphatic rings. The zero-order valence-electron chi connectivity index (χ0n) is 17.5.